The molecular weight excluding hydrogens is 464 g/mol. The van der Waals surface area contributed by atoms with Gasteiger partial charge in [-0.15, -0.1) is 0 Å². The number of benzene rings is 1. The molecule has 12 heteroatoms. The molecule has 0 unspecified atom stereocenters. The zero-order valence-corrected chi connectivity index (χ0v) is 18.9. The molecule has 0 atom stereocenters. The van der Waals surface area contributed by atoms with Crippen molar-refractivity contribution in [3.63, 3.8) is 0 Å². The number of hydrogen-bond donors (Lipinski definition) is 3. The monoisotopic (exact) mass is 486 g/mol. The normalized spacial score (nSPS) is 26.9. The predicted octanol–water partition coefficient (Wildman–Crippen LogP) is 1.34. The summed E-state index contributed by atoms with van der Waals surface area (Å²) in [5.41, 5.74) is -0.203. The van der Waals surface area contributed by atoms with Gasteiger partial charge < -0.3 is 20.1 Å². The number of amides is 6. The van der Waals surface area contributed by atoms with Crippen molar-refractivity contribution in [2.45, 2.75) is 31.2 Å². The molecule has 3 heterocycles. The van der Waals surface area contributed by atoms with Crippen molar-refractivity contribution in [3.05, 3.63) is 28.7 Å². The van der Waals surface area contributed by atoms with Crippen molar-refractivity contribution < 1.29 is 33.4 Å². The number of fused-ring (bicyclic) bond motifs is 1. The fourth-order valence-electron chi connectivity index (χ4n) is 4.54. The first-order valence-electron chi connectivity index (χ1n) is 10.9. The molecule has 1 aromatic carbocycles. The second-order valence-corrected chi connectivity index (χ2v) is 9.49. The number of hydrogen-bond acceptors (Lipinski definition) is 8. The van der Waals surface area contributed by atoms with E-state index in [-0.39, 0.29) is 37.6 Å². The van der Waals surface area contributed by atoms with Gasteiger partial charge in [0.1, 0.15) is 5.54 Å². The summed E-state index contributed by atoms with van der Waals surface area (Å²) < 4.78 is 10.6. The second-order valence-electron chi connectivity index (χ2n) is 8.50. The summed E-state index contributed by atoms with van der Waals surface area (Å²) in [5.74, 6) is -0.0288. The maximum atomic E-state index is 12.7. The van der Waals surface area contributed by atoms with E-state index in [0.717, 1.165) is 16.7 Å². The average Bonchev–Trinajstić information content (AvgIpc) is 3.46. The van der Waals surface area contributed by atoms with Gasteiger partial charge in [-0.05, 0) is 61.2 Å². The van der Waals surface area contributed by atoms with Crippen molar-refractivity contribution in [2.75, 3.05) is 19.9 Å². The van der Waals surface area contributed by atoms with E-state index in [1.807, 2.05) is 0 Å². The quantitative estimate of drug-likeness (QED) is 0.418. The van der Waals surface area contributed by atoms with E-state index in [0.29, 0.717) is 47.7 Å². The number of carbonyl (C=O) groups excluding carboxylic acids is 5. The molecule has 6 amide bonds. The van der Waals surface area contributed by atoms with Gasteiger partial charge in [-0.3, -0.25) is 29.4 Å². The van der Waals surface area contributed by atoms with Gasteiger partial charge in [0.2, 0.25) is 12.7 Å². The molecule has 1 aliphatic carbocycles. The van der Waals surface area contributed by atoms with Gasteiger partial charge in [0.15, 0.2) is 11.5 Å². The summed E-state index contributed by atoms with van der Waals surface area (Å²) in [4.78, 5) is 62.5. The molecule has 1 aromatic rings. The topological polar surface area (TPSA) is 143 Å². The maximum Gasteiger partial charge on any atom is 0.322 e. The molecule has 2 saturated heterocycles. The predicted molar refractivity (Wildman–Crippen MR) is 120 cm³/mol. The number of rotatable bonds is 5. The lowest BCUT2D eigenvalue weighted by Gasteiger charge is -2.33. The second kappa shape index (κ2) is 8.67. The van der Waals surface area contributed by atoms with E-state index < -0.39 is 22.7 Å². The van der Waals surface area contributed by atoms with E-state index in [2.05, 4.69) is 16.0 Å². The van der Waals surface area contributed by atoms with E-state index in [4.69, 9.17) is 9.47 Å². The summed E-state index contributed by atoms with van der Waals surface area (Å²) in [6.45, 7) is 0.339. The molecule has 3 aliphatic heterocycles. The van der Waals surface area contributed by atoms with Gasteiger partial charge in [-0.2, -0.15) is 0 Å². The summed E-state index contributed by atoms with van der Waals surface area (Å²) in [7, 11) is 0. The Balaban J connectivity index is 1.12. The fourth-order valence-corrected chi connectivity index (χ4v) is 5.40. The number of ether oxygens (including phenoxy) is 2. The molecule has 3 fully saturated rings. The first-order valence-corrected chi connectivity index (χ1v) is 11.7. The molecule has 0 aromatic heterocycles. The third-order valence-corrected chi connectivity index (χ3v) is 7.33. The highest BCUT2D eigenvalue weighted by Gasteiger charge is 2.48. The molecule has 178 valence electrons. The molecule has 4 aliphatic rings. The van der Waals surface area contributed by atoms with Gasteiger partial charge in [-0.25, -0.2) is 4.79 Å². The Hall–Kier alpha value is -3.54. The summed E-state index contributed by atoms with van der Waals surface area (Å²) in [5, 5.41) is 7.30. The van der Waals surface area contributed by atoms with Gasteiger partial charge in [0, 0.05) is 19.0 Å². The molecule has 11 nitrogen and oxygen atoms in total. The van der Waals surface area contributed by atoms with E-state index in [1.165, 1.54) is 0 Å². The molecule has 5 rings (SSSR count). The van der Waals surface area contributed by atoms with Crippen LogP contribution in [0.2, 0.25) is 0 Å². The van der Waals surface area contributed by atoms with Gasteiger partial charge in [-0.1, -0.05) is 6.07 Å². The highest BCUT2D eigenvalue weighted by molar-refractivity contribution is 8.18. The van der Waals surface area contributed by atoms with Crippen LogP contribution in [0.15, 0.2) is 23.1 Å². The number of thioether (sulfide) groups is 1. The number of urea groups is 1. The lowest BCUT2D eigenvalue weighted by Crippen LogP contribution is -2.51. The molecule has 34 heavy (non-hydrogen) atoms. The Morgan fingerprint density at radius 2 is 1.94 bits per heavy atom. The van der Waals surface area contributed by atoms with Gasteiger partial charge >= 0.3 is 6.03 Å². The molecular formula is C22H22N4O7S. The van der Waals surface area contributed by atoms with Crippen LogP contribution in [0, 0.1) is 5.92 Å². The fraction of sp³-hybridized carbons (Fsp3) is 0.409. The highest BCUT2D eigenvalue weighted by Crippen LogP contribution is 2.36. The van der Waals surface area contributed by atoms with Crippen LogP contribution in [-0.4, -0.2) is 59.3 Å². The summed E-state index contributed by atoms with van der Waals surface area (Å²) >= 11 is 0.849. The minimum Gasteiger partial charge on any atom is -0.454 e. The Morgan fingerprint density at radius 1 is 1.18 bits per heavy atom. The van der Waals surface area contributed by atoms with Crippen LogP contribution in [0.3, 0.4) is 0 Å². The maximum absolute atomic E-state index is 12.7. The standard InChI is InChI=1S/C22H22N4O7S/c27-17(13-3-5-22(6-4-13)19(29)24-20(30)25-22)23-7-8-26-18(28)16(34-21(26)31)10-12-1-2-14-15(9-12)33-11-32-14/h1-2,9-10,13H,3-8,11H2,(H,23,27)(H2,24,25,29,30)/b16-10+. The zero-order valence-electron chi connectivity index (χ0n) is 18.0. The van der Waals surface area contributed by atoms with Crippen LogP contribution >= 0.6 is 11.8 Å². The Morgan fingerprint density at radius 3 is 2.68 bits per heavy atom. The van der Waals surface area contributed by atoms with Crippen LogP contribution in [0.1, 0.15) is 31.2 Å². The lowest BCUT2D eigenvalue weighted by molar-refractivity contribution is -0.130. The molecule has 0 radical (unpaired) electrons. The summed E-state index contributed by atoms with van der Waals surface area (Å²) in [6, 6.07) is 4.76. The number of nitrogens with one attached hydrogen (secondary N) is 3. The van der Waals surface area contributed by atoms with E-state index in [9.17, 15) is 24.0 Å². The zero-order chi connectivity index (χ0) is 23.9. The van der Waals surface area contributed by atoms with Crippen molar-refractivity contribution in [1.82, 2.24) is 20.9 Å². The van der Waals surface area contributed by atoms with Crippen molar-refractivity contribution in [3.8, 4) is 11.5 Å². The lowest BCUT2D eigenvalue weighted by atomic mass is 9.76. The first-order chi connectivity index (χ1) is 16.3. The first kappa shape index (κ1) is 22.3. The number of imide groups is 2. The molecule has 1 spiro atoms. The van der Waals surface area contributed by atoms with E-state index >= 15 is 0 Å². The largest absolute Gasteiger partial charge is 0.454 e. The molecule has 3 N–H and O–H groups in total. The number of nitrogens with zero attached hydrogens (tertiary/aromatic N) is 1. The Kier molecular flexibility index (Phi) is 5.68. The number of carbonyl (C=O) groups is 5. The van der Waals surface area contributed by atoms with Gasteiger partial charge in [0.25, 0.3) is 17.1 Å². The highest BCUT2D eigenvalue weighted by atomic mass is 32.2. The Labute approximate surface area is 198 Å². The smallest absolute Gasteiger partial charge is 0.322 e. The van der Waals surface area contributed by atoms with Crippen LogP contribution in [0.5, 0.6) is 11.5 Å². The third-order valence-electron chi connectivity index (χ3n) is 6.43. The SMILES string of the molecule is O=C1NC(=O)C2(CCC(C(=O)NCCN3C(=O)S/C(=C/c4ccc5c(c4)OCO5)C3=O)CC2)N1. The van der Waals surface area contributed by atoms with Crippen LogP contribution in [0.4, 0.5) is 9.59 Å². The van der Waals surface area contributed by atoms with Gasteiger partial charge in [0.05, 0.1) is 4.91 Å². The average molecular weight is 487 g/mol. The minimum absolute atomic E-state index is 0.0595. The van der Waals surface area contributed by atoms with Crippen molar-refractivity contribution >= 4 is 46.8 Å². The van der Waals surface area contributed by atoms with Crippen molar-refractivity contribution in [2.24, 2.45) is 5.92 Å². The molecule has 1 saturated carbocycles. The van der Waals surface area contributed by atoms with Crippen LogP contribution in [-0.2, 0) is 14.4 Å². The third kappa shape index (κ3) is 4.09. The summed E-state index contributed by atoms with van der Waals surface area (Å²) in [6.07, 6.45) is 3.31. The van der Waals surface area contributed by atoms with Crippen molar-refractivity contribution in [1.29, 1.82) is 0 Å². The Bertz CT molecular complexity index is 1130. The van der Waals surface area contributed by atoms with Crippen LogP contribution < -0.4 is 25.4 Å². The molecule has 0 bridgehead atoms. The minimum atomic E-state index is -0.916. The van der Waals surface area contributed by atoms with Crippen LogP contribution in [0.25, 0.3) is 6.08 Å². The van der Waals surface area contributed by atoms with E-state index in [1.54, 1.807) is 24.3 Å².